The zero-order valence-electron chi connectivity index (χ0n) is 12.0. The Labute approximate surface area is 111 Å². The topological polar surface area (TPSA) is 55.7 Å². The lowest BCUT2D eigenvalue weighted by atomic mass is 9.88. The van der Waals surface area contributed by atoms with Gasteiger partial charge in [-0.15, -0.1) is 0 Å². The van der Waals surface area contributed by atoms with Gasteiger partial charge < -0.3 is 20.4 Å². The molecule has 0 aromatic carbocycles. The van der Waals surface area contributed by atoms with Crippen molar-refractivity contribution >= 4 is 0 Å². The van der Waals surface area contributed by atoms with Gasteiger partial charge in [-0.25, -0.2) is 0 Å². The number of likely N-dealkylation sites (tertiary alicyclic amines) is 1. The Balaban J connectivity index is 2.08. The molecule has 4 heteroatoms. The van der Waals surface area contributed by atoms with E-state index < -0.39 is 0 Å². The Bertz CT molecular complexity index is 216. The average Bonchev–Trinajstić information content (AvgIpc) is 2.79. The SMILES string of the molecule is CC(C)(CCCO)CNCC(O)CN1CCCC1. The molecule has 0 amide bonds. The van der Waals surface area contributed by atoms with Crippen molar-refractivity contribution in [3.63, 3.8) is 0 Å². The minimum absolute atomic E-state index is 0.191. The van der Waals surface area contributed by atoms with E-state index in [1.807, 2.05) is 0 Å². The first kappa shape index (κ1) is 15.9. The van der Waals surface area contributed by atoms with E-state index in [0.29, 0.717) is 6.54 Å². The Morgan fingerprint density at radius 1 is 1.28 bits per heavy atom. The second-order valence-corrected chi connectivity index (χ2v) is 6.28. The minimum Gasteiger partial charge on any atom is -0.396 e. The lowest BCUT2D eigenvalue weighted by Crippen LogP contribution is -2.40. The van der Waals surface area contributed by atoms with Crippen LogP contribution in [0.1, 0.15) is 39.5 Å². The molecular weight excluding hydrogens is 228 g/mol. The van der Waals surface area contributed by atoms with Gasteiger partial charge in [-0.3, -0.25) is 0 Å². The number of nitrogens with zero attached hydrogens (tertiary/aromatic N) is 1. The zero-order chi connectivity index (χ0) is 13.4. The van der Waals surface area contributed by atoms with Crippen molar-refractivity contribution in [2.24, 2.45) is 5.41 Å². The van der Waals surface area contributed by atoms with Gasteiger partial charge in [0.05, 0.1) is 6.10 Å². The third-order valence-corrected chi connectivity index (χ3v) is 3.66. The summed E-state index contributed by atoms with van der Waals surface area (Å²) in [5.41, 5.74) is 0.191. The largest absolute Gasteiger partial charge is 0.396 e. The summed E-state index contributed by atoms with van der Waals surface area (Å²) in [6.45, 7) is 9.29. The number of aliphatic hydroxyl groups is 2. The summed E-state index contributed by atoms with van der Waals surface area (Å²) < 4.78 is 0. The van der Waals surface area contributed by atoms with Crippen LogP contribution in [0.15, 0.2) is 0 Å². The van der Waals surface area contributed by atoms with Crippen LogP contribution in [0.4, 0.5) is 0 Å². The van der Waals surface area contributed by atoms with Gasteiger partial charge in [-0.05, 0) is 44.2 Å². The Morgan fingerprint density at radius 2 is 1.94 bits per heavy atom. The van der Waals surface area contributed by atoms with Crippen LogP contribution in [-0.4, -0.2) is 60.5 Å². The highest BCUT2D eigenvalue weighted by Crippen LogP contribution is 2.20. The van der Waals surface area contributed by atoms with E-state index in [1.165, 1.54) is 12.8 Å². The molecule has 1 fully saturated rings. The number of aliphatic hydroxyl groups excluding tert-OH is 2. The van der Waals surface area contributed by atoms with E-state index in [9.17, 15) is 5.11 Å². The van der Waals surface area contributed by atoms with Crippen molar-refractivity contribution in [2.45, 2.75) is 45.6 Å². The summed E-state index contributed by atoms with van der Waals surface area (Å²) >= 11 is 0. The molecule has 0 spiro atoms. The molecule has 0 radical (unpaired) electrons. The molecule has 18 heavy (non-hydrogen) atoms. The summed E-state index contributed by atoms with van der Waals surface area (Å²) in [5, 5.41) is 22.1. The molecule has 0 aromatic rings. The van der Waals surface area contributed by atoms with Crippen molar-refractivity contribution in [3.05, 3.63) is 0 Å². The van der Waals surface area contributed by atoms with E-state index in [0.717, 1.165) is 39.0 Å². The quantitative estimate of drug-likeness (QED) is 0.573. The Hall–Kier alpha value is -0.160. The molecule has 1 atom stereocenters. The third-order valence-electron chi connectivity index (χ3n) is 3.66. The van der Waals surface area contributed by atoms with Crippen LogP contribution >= 0.6 is 0 Å². The van der Waals surface area contributed by atoms with E-state index in [1.54, 1.807) is 0 Å². The van der Waals surface area contributed by atoms with Crippen LogP contribution in [0.2, 0.25) is 0 Å². The molecule has 1 unspecified atom stereocenters. The lowest BCUT2D eigenvalue weighted by molar-refractivity contribution is 0.119. The second kappa shape index (κ2) is 8.10. The normalized spacial score (nSPS) is 19.3. The van der Waals surface area contributed by atoms with Gasteiger partial charge in [0.15, 0.2) is 0 Å². The number of β-amino-alcohol motifs (C(OH)–C–C–N with tert-alkyl or cyclic N) is 1. The highest BCUT2D eigenvalue weighted by Gasteiger charge is 2.19. The summed E-state index contributed by atoms with van der Waals surface area (Å²) in [7, 11) is 0. The van der Waals surface area contributed by atoms with E-state index in [2.05, 4.69) is 24.1 Å². The first-order valence-electron chi connectivity index (χ1n) is 7.25. The van der Waals surface area contributed by atoms with Gasteiger partial charge in [0.25, 0.3) is 0 Å². The smallest absolute Gasteiger partial charge is 0.0791 e. The van der Waals surface area contributed by atoms with Gasteiger partial charge in [0, 0.05) is 26.2 Å². The number of rotatable bonds is 9. The van der Waals surface area contributed by atoms with Gasteiger partial charge in [-0.1, -0.05) is 13.8 Å². The lowest BCUT2D eigenvalue weighted by Gasteiger charge is -2.26. The number of hydrogen-bond acceptors (Lipinski definition) is 4. The predicted octanol–water partition coefficient (Wildman–Crippen LogP) is 0.831. The van der Waals surface area contributed by atoms with Gasteiger partial charge >= 0.3 is 0 Å². The minimum atomic E-state index is -0.267. The van der Waals surface area contributed by atoms with Gasteiger partial charge in [0.2, 0.25) is 0 Å². The Kier molecular flexibility index (Phi) is 7.15. The average molecular weight is 258 g/mol. The van der Waals surface area contributed by atoms with E-state index in [-0.39, 0.29) is 18.1 Å². The highest BCUT2D eigenvalue weighted by molar-refractivity contribution is 4.75. The zero-order valence-corrected chi connectivity index (χ0v) is 12.0. The van der Waals surface area contributed by atoms with E-state index in [4.69, 9.17) is 5.11 Å². The maximum atomic E-state index is 9.94. The molecule has 0 bridgehead atoms. The number of hydrogen-bond donors (Lipinski definition) is 3. The fourth-order valence-corrected chi connectivity index (χ4v) is 2.55. The molecule has 3 N–H and O–H groups in total. The first-order chi connectivity index (χ1) is 8.53. The molecule has 1 heterocycles. The van der Waals surface area contributed by atoms with Crippen molar-refractivity contribution in [3.8, 4) is 0 Å². The van der Waals surface area contributed by atoms with Crippen LogP contribution in [-0.2, 0) is 0 Å². The fraction of sp³-hybridized carbons (Fsp3) is 1.00. The van der Waals surface area contributed by atoms with E-state index >= 15 is 0 Å². The van der Waals surface area contributed by atoms with Crippen molar-refractivity contribution in [2.75, 3.05) is 39.3 Å². The van der Waals surface area contributed by atoms with Crippen molar-refractivity contribution in [1.82, 2.24) is 10.2 Å². The van der Waals surface area contributed by atoms with Gasteiger partial charge in [-0.2, -0.15) is 0 Å². The van der Waals surface area contributed by atoms with Crippen LogP contribution in [0, 0.1) is 5.41 Å². The summed E-state index contributed by atoms with van der Waals surface area (Å²) in [6, 6.07) is 0. The summed E-state index contributed by atoms with van der Waals surface area (Å²) in [4.78, 5) is 2.34. The predicted molar refractivity (Wildman–Crippen MR) is 74.7 cm³/mol. The van der Waals surface area contributed by atoms with Crippen LogP contribution in [0.5, 0.6) is 0 Å². The molecular formula is C14H30N2O2. The molecule has 1 aliphatic rings. The molecule has 1 rings (SSSR count). The molecule has 0 saturated carbocycles. The molecule has 108 valence electrons. The van der Waals surface area contributed by atoms with Gasteiger partial charge in [0.1, 0.15) is 0 Å². The first-order valence-corrected chi connectivity index (χ1v) is 7.25. The fourth-order valence-electron chi connectivity index (χ4n) is 2.55. The molecule has 0 aliphatic carbocycles. The molecule has 1 saturated heterocycles. The van der Waals surface area contributed by atoms with Crippen molar-refractivity contribution in [1.29, 1.82) is 0 Å². The van der Waals surface area contributed by atoms with Crippen LogP contribution in [0.3, 0.4) is 0 Å². The number of nitrogens with one attached hydrogen (secondary N) is 1. The third kappa shape index (κ3) is 6.69. The Morgan fingerprint density at radius 3 is 2.56 bits per heavy atom. The second-order valence-electron chi connectivity index (χ2n) is 6.28. The maximum absolute atomic E-state index is 9.94. The summed E-state index contributed by atoms with van der Waals surface area (Å²) in [6.07, 6.45) is 4.14. The van der Waals surface area contributed by atoms with Crippen LogP contribution < -0.4 is 5.32 Å². The molecule has 1 aliphatic heterocycles. The summed E-state index contributed by atoms with van der Waals surface area (Å²) in [5.74, 6) is 0. The monoisotopic (exact) mass is 258 g/mol. The highest BCUT2D eigenvalue weighted by atomic mass is 16.3. The maximum Gasteiger partial charge on any atom is 0.0791 e. The molecule has 0 aromatic heterocycles. The molecule has 4 nitrogen and oxygen atoms in total. The standard InChI is InChI=1S/C14H30N2O2/c1-14(2,6-5-9-17)12-15-10-13(18)11-16-7-3-4-8-16/h13,15,17-18H,3-12H2,1-2H3. The van der Waals surface area contributed by atoms with Crippen molar-refractivity contribution < 1.29 is 10.2 Å². The van der Waals surface area contributed by atoms with Crippen LogP contribution in [0.25, 0.3) is 0 Å².